The summed E-state index contributed by atoms with van der Waals surface area (Å²) in [5.74, 6) is -1.05. The van der Waals surface area contributed by atoms with Crippen LogP contribution in [0.25, 0.3) is 12.2 Å². The molecular formula is C18H16ClF4N3. The van der Waals surface area contributed by atoms with Crippen LogP contribution >= 0.6 is 11.6 Å². The Morgan fingerprint density at radius 1 is 1.27 bits per heavy atom. The summed E-state index contributed by atoms with van der Waals surface area (Å²) in [6, 6.07) is 3.13. The maximum atomic E-state index is 14.1. The minimum atomic E-state index is -4.76. The molecule has 0 bridgehead atoms. The van der Waals surface area contributed by atoms with E-state index >= 15 is 0 Å². The summed E-state index contributed by atoms with van der Waals surface area (Å²) in [6.07, 6.45) is -1.40. The number of rotatable bonds is 4. The van der Waals surface area contributed by atoms with Crippen LogP contribution in [0.1, 0.15) is 23.7 Å². The van der Waals surface area contributed by atoms with Crippen LogP contribution in [0.2, 0.25) is 0 Å². The van der Waals surface area contributed by atoms with E-state index in [2.05, 4.69) is 22.1 Å². The van der Waals surface area contributed by atoms with E-state index in [-0.39, 0.29) is 23.0 Å². The van der Waals surface area contributed by atoms with Crippen molar-refractivity contribution in [3.05, 3.63) is 62.9 Å². The van der Waals surface area contributed by atoms with Gasteiger partial charge in [0.25, 0.3) is 0 Å². The van der Waals surface area contributed by atoms with E-state index in [1.807, 2.05) is 0 Å². The summed E-state index contributed by atoms with van der Waals surface area (Å²) >= 11 is 5.85. The second-order valence-corrected chi connectivity index (χ2v) is 5.96. The first kappa shape index (κ1) is 19.9. The molecule has 1 aromatic carbocycles. The minimum Gasteiger partial charge on any atom is -0.364 e. The van der Waals surface area contributed by atoms with Crippen LogP contribution in [-0.2, 0) is 12.7 Å². The maximum absolute atomic E-state index is 14.1. The molecule has 2 aromatic rings. The van der Waals surface area contributed by atoms with Crippen molar-refractivity contribution in [3.8, 4) is 0 Å². The molecule has 0 fully saturated rings. The first-order valence-electron chi connectivity index (χ1n) is 7.59. The highest BCUT2D eigenvalue weighted by atomic mass is 35.5. The van der Waals surface area contributed by atoms with E-state index in [4.69, 9.17) is 11.6 Å². The third-order valence-corrected chi connectivity index (χ3v) is 3.76. The Morgan fingerprint density at radius 2 is 1.96 bits per heavy atom. The van der Waals surface area contributed by atoms with Crippen LogP contribution in [-0.4, -0.2) is 10.2 Å². The highest BCUT2D eigenvalue weighted by molar-refractivity contribution is 6.33. The topological polar surface area (TPSA) is 37.8 Å². The van der Waals surface area contributed by atoms with Gasteiger partial charge in [0, 0.05) is 27.6 Å². The fraction of sp³-hybridized carbons (Fsp3) is 0.222. The molecule has 3 nitrogen and oxygen atoms in total. The molecule has 0 radical (unpaired) electrons. The number of nitrogens with one attached hydrogen (secondary N) is 1. The van der Waals surface area contributed by atoms with Gasteiger partial charge in [0.1, 0.15) is 5.82 Å². The smallest absolute Gasteiger partial charge is 0.364 e. The number of alkyl halides is 3. The van der Waals surface area contributed by atoms with E-state index in [9.17, 15) is 17.6 Å². The highest BCUT2D eigenvalue weighted by Crippen LogP contribution is 2.32. The summed E-state index contributed by atoms with van der Waals surface area (Å²) in [5, 5.41) is 12.4. The Bertz CT molecular complexity index is 952. The van der Waals surface area contributed by atoms with Gasteiger partial charge in [-0.15, -0.1) is 5.10 Å². The molecule has 26 heavy (non-hydrogen) atoms. The molecule has 0 saturated heterocycles. The Labute approximate surface area is 152 Å². The zero-order valence-electron chi connectivity index (χ0n) is 14.1. The van der Waals surface area contributed by atoms with Gasteiger partial charge in [0.05, 0.1) is 11.3 Å². The summed E-state index contributed by atoms with van der Waals surface area (Å²) in [5.41, 5.74) is -0.803. The van der Waals surface area contributed by atoms with E-state index in [1.54, 1.807) is 26.0 Å². The summed E-state index contributed by atoms with van der Waals surface area (Å²) < 4.78 is 52.6. The number of benzene rings is 1. The Hall–Kier alpha value is -2.41. The van der Waals surface area contributed by atoms with Crippen LogP contribution in [0.4, 0.5) is 23.4 Å². The van der Waals surface area contributed by atoms with Crippen molar-refractivity contribution in [1.82, 2.24) is 10.2 Å². The first-order valence-corrected chi connectivity index (χ1v) is 7.97. The van der Waals surface area contributed by atoms with Crippen LogP contribution < -0.4 is 15.8 Å². The summed E-state index contributed by atoms with van der Waals surface area (Å²) in [7, 11) is 0. The fourth-order valence-electron chi connectivity index (χ4n) is 2.47. The predicted octanol–water partition coefficient (Wildman–Crippen LogP) is 3.89. The molecular weight excluding hydrogens is 370 g/mol. The molecule has 1 heterocycles. The van der Waals surface area contributed by atoms with E-state index in [0.29, 0.717) is 17.0 Å². The van der Waals surface area contributed by atoms with E-state index < -0.39 is 17.6 Å². The lowest BCUT2D eigenvalue weighted by Gasteiger charge is -2.12. The van der Waals surface area contributed by atoms with Crippen molar-refractivity contribution in [2.45, 2.75) is 26.6 Å². The number of anilines is 1. The van der Waals surface area contributed by atoms with Gasteiger partial charge in [-0.1, -0.05) is 36.4 Å². The third kappa shape index (κ3) is 4.40. The third-order valence-electron chi connectivity index (χ3n) is 3.66. The molecule has 0 aliphatic rings. The Morgan fingerprint density at radius 3 is 2.54 bits per heavy atom. The van der Waals surface area contributed by atoms with Crippen molar-refractivity contribution in [1.29, 1.82) is 0 Å². The summed E-state index contributed by atoms with van der Waals surface area (Å²) in [4.78, 5) is 0. The monoisotopic (exact) mass is 385 g/mol. The molecule has 0 unspecified atom stereocenters. The van der Waals surface area contributed by atoms with Crippen molar-refractivity contribution in [2.75, 3.05) is 5.32 Å². The van der Waals surface area contributed by atoms with Crippen molar-refractivity contribution in [3.63, 3.8) is 0 Å². The lowest BCUT2D eigenvalue weighted by atomic mass is 10.1. The molecule has 0 amide bonds. The van der Waals surface area contributed by atoms with E-state index in [0.717, 1.165) is 11.3 Å². The summed E-state index contributed by atoms with van der Waals surface area (Å²) in [6.45, 7) is 6.96. The molecule has 2 rings (SSSR count). The maximum Gasteiger partial charge on any atom is 0.419 e. The second-order valence-electron chi connectivity index (χ2n) is 5.47. The van der Waals surface area contributed by atoms with Crippen molar-refractivity contribution < 1.29 is 17.6 Å². The largest absolute Gasteiger partial charge is 0.419 e. The number of allylic oxidation sites excluding steroid dienone is 1. The normalized spacial score (nSPS) is 13.2. The molecule has 8 heteroatoms. The molecule has 1 aromatic heterocycles. The number of hydrogen-bond acceptors (Lipinski definition) is 3. The fourth-order valence-corrected chi connectivity index (χ4v) is 2.58. The Balaban J connectivity index is 2.45. The number of aryl methyl sites for hydroxylation is 1. The first-order chi connectivity index (χ1) is 12.1. The number of halogens is 5. The molecule has 0 aliphatic carbocycles. The lowest BCUT2D eigenvalue weighted by Crippen LogP contribution is -2.33. The van der Waals surface area contributed by atoms with Gasteiger partial charge in [0.15, 0.2) is 5.82 Å². The van der Waals surface area contributed by atoms with Gasteiger partial charge in [-0.25, -0.2) is 4.39 Å². The standard InChI is InChI=1S/C18H16ClF4N3/c1-4-13-11(3)25-26-17(14(13)8-10(2)19)24-9-12-6-5-7-15(16(12)20)18(21,22)23/h4-8H,2,9H2,1,3H3,(H,24,26)/b13-4-,14-8+. The van der Waals surface area contributed by atoms with Gasteiger partial charge in [-0.05, 0) is 26.0 Å². The van der Waals surface area contributed by atoms with Crippen molar-refractivity contribution >= 4 is 29.6 Å². The predicted molar refractivity (Wildman–Crippen MR) is 94.3 cm³/mol. The average Bonchev–Trinajstić information content (AvgIpc) is 2.54. The SMILES string of the molecule is C=C(Cl)/C=c1/c(NCc2cccc(C(F)(F)F)c2F)nnc(C)/c1=C/C. The molecule has 138 valence electrons. The van der Waals surface area contributed by atoms with E-state index in [1.165, 1.54) is 6.07 Å². The van der Waals surface area contributed by atoms with Crippen LogP contribution in [0, 0.1) is 12.7 Å². The highest BCUT2D eigenvalue weighted by Gasteiger charge is 2.34. The zero-order valence-corrected chi connectivity index (χ0v) is 14.8. The van der Waals surface area contributed by atoms with Crippen LogP contribution in [0.15, 0.2) is 29.8 Å². The average molecular weight is 386 g/mol. The van der Waals surface area contributed by atoms with Gasteiger partial charge >= 0.3 is 6.18 Å². The number of aromatic nitrogens is 2. The molecule has 0 saturated carbocycles. The van der Waals surface area contributed by atoms with Crippen LogP contribution in [0.5, 0.6) is 0 Å². The second kappa shape index (κ2) is 7.86. The zero-order chi connectivity index (χ0) is 19.5. The van der Waals surface area contributed by atoms with Gasteiger partial charge < -0.3 is 5.32 Å². The molecule has 1 N–H and O–H groups in total. The van der Waals surface area contributed by atoms with Gasteiger partial charge in [-0.3, -0.25) is 0 Å². The number of hydrogen-bond donors (Lipinski definition) is 1. The molecule has 0 spiro atoms. The minimum absolute atomic E-state index is 0.139. The van der Waals surface area contributed by atoms with Gasteiger partial charge in [-0.2, -0.15) is 18.3 Å². The molecule has 0 aliphatic heterocycles. The van der Waals surface area contributed by atoms with Crippen LogP contribution in [0.3, 0.4) is 0 Å². The quantitative estimate of drug-likeness (QED) is 0.811. The Kier molecular flexibility index (Phi) is 6.02. The van der Waals surface area contributed by atoms with Crippen molar-refractivity contribution in [2.24, 2.45) is 0 Å². The van der Waals surface area contributed by atoms with Gasteiger partial charge in [0.2, 0.25) is 0 Å². The lowest BCUT2D eigenvalue weighted by molar-refractivity contribution is -0.140. The number of nitrogens with zero attached hydrogens (tertiary/aromatic N) is 2. The molecule has 0 atom stereocenters.